The minimum Gasteiger partial charge on any atom is -0.381 e. The highest BCUT2D eigenvalue weighted by atomic mass is 16.5. The number of amides is 2. The molecule has 1 N–H and O–H groups in total. The van der Waals surface area contributed by atoms with E-state index in [9.17, 15) is 9.59 Å². The maximum atomic E-state index is 11.0. The fourth-order valence-corrected chi connectivity index (χ4v) is 1.11. The van der Waals surface area contributed by atoms with Gasteiger partial charge in [-0.3, -0.25) is 14.9 Å². The predicted octanol–water partition coefficient (Wildman–Crippen LogP) is 0.0757. The van der Waals surface area contributed by atoms with Gasteiger partial charge in [0.1, 0.15) is 0 Å². The first-order valence-corrected chi connectivity index (χ1v) is 4.15. The van der Waals surface area contributed by atoms with Crippen LogP contribution in [0.15, 0.2) is 0 Å². The molecule has 0 spiro atoms. The monoisotopic (exact) mass is 171 g/mol. The van der Waals surface area contributed by atoms with E-state index >= 15 is 0 Å². The van der Waals surface area contributed by atoms with Gasteiger partial charge < -0.3 is 4.74 Å². The second-order valence-electron chi connectivity index (χ2n) is 2.89. The average molecular weight is 171 g/mol. The van der Waals surface area contributed by atoms with Crippen molar-refractivity contribution in [3.63, 3.8) is 0 Å². The Morgan fingerprint density at radius 3 is 2.83 bits per heavy atom. The number of ether oxygens (including phenoxy) is 1. The number of carbonyl (C=O) groups is 2. The largest absolute Gasteiger partial charge is 0.381 e. The van der Waals surface area contributed by atoms with E-state index < -0.39 is 0 Å². The third kappa shape index (κ3) is 2.30. The van der Waals surface area contributed by atoms with Crippen LogP contribution in [0.4, 0.5) is 0 Å². The van der Waals surface area contributed by atoms with Gasteiger partial charge in [-0.05, 0) is 6.42 Å². The van der Waals surface area contributed by atoms with Crippen LogP contribution in [-0.4, -0.2) is 25.0 Å². The Bertz CT molecular complexity index is 191. The SMILES string of the molecule is CCCOCC1CC(=O)NC1=O. The second-order valence-corrected chi connectivity index (χ2v) is 2.89. The van der Waals surface area contributed by atoms with Crippen LogP contribution in [0.2, 0.25) is 0 Å². The van der Waals surface area contributed by atoms with Crippen LogP contribution in [-0.2, 0) is 14.3 Å². The number of hydrogen-bond donors (Lipinski definition) is 1. The van der Waals surface area contributed by atoms with Crippen LogP contribution >= 0.6 is 0 Å². The highest BCUT2D eigenvalue weighted by Gasteiger charge is 2.30. The Kier molecular flexibility index (Phi) is 3.22. The lowest BCUT2D eigenvalue weighted by Crippen LogP contribution is -2.24. The van der Waals surface area contributed by atoms with Crippen LogP contribution < -0.4 is 5.32 Å². The summed E-state index contributed by atoms with van der Waals surface area (Å²) < 4.78 is 5.17. The minimum atomic E-state index is -0.260. The topological polar surface area (TPSA) is 55.4 Å². The van der Waals surface area contributed by atoms with Crippen molar-refractivity contribution in [3.8, 4) is 0 Å². The van der Waals surface area contributed by atoms with Crippen molar-refractivity contribution >= 4 is 11.8 Å². The van der Waals surface area contributed by atoms with Gasteiger partial charge in [0.25, 0.3) is 0 Å². The molecule has 4 heteroatoms. The van der Waals surface area contributed by atoms with Gasteiger partial charge in [-0.25, -0.2) is 0 Å². The van der Waals surface area contributed by atoms with Gasteiger partial charge in [0.2, 0.25) is 11.8 Å². The summed E-state index contributed by atoms with van der Waals surface area (Å²) in [7, 11) is 0. The smallest absolute Gasteiger partial charge is 0.232 e. The Hall–Kier alpha value is -0.900. The lowest BCUT2D eigenvalue weighted by Gasteiger charge is -2.05. The zero-order chi connectivity index (χ0) is 8.97. The van der Waals surface area contributed by atoms with Crippen molar-refractivity contribution < 1.29 is 14.3 Å². The summed E-state index contributed by atoms with van der Waals surface area (Å²) in [5, 5.41) is 2.24. The van der Waals surface area contributed by atoms with E-state index in [-0.39, 0.29) is 24.2 Å². The Labute approximate surface area is 71.3 Å². The molecule has 0 radical (unpaired) electrons. The van der Waals surface area contributed by atoms with Crippen molar-refractivity contribution in [3.05, 3.63) is 0 Å². The molecule has 0 aliphatic carbocycles. The van der Waals surface area contributed by atoms with Gasteiger partial charge in [-0.15, -0.1) is 0 Å². The fourth-order valence-electron chi connectivity index (χ4n) is 1.11. The van der Waals surface area contributed by atoms with E-state index in [4.69, 9.17) is 4.74 Å². The molecule has 1 atom stereocenters. The minimum absolute atomic E-state index is 0.190. The van der Waals surface area contributed by atoms with Crippen LogP contribution in [0, 0.1) is 5.92 Å². The molecule has 12 heavy (non-hydrogen) atoms. The van der Waals surface area contributed by atoms with Crippen molar-refractivity contribution in [1.82, 2.24) is 5.32 Å². The van der Waals surface area contributed by atoms with E-state index in [1.807, 2.05) is 6.92 Å². The molecule has 0 aromatic carbocycles. The third-order valence-electron chi connectivity index (χ3n) is 1.73. The first kappa shape index (κ1) is 9.19. The van der Waals surface area contributed by atoms with Crippen LogP contribution in [0.5, 0.6) is 0 Å². The number of nitrogens with one attached hydrogen (secondary N) is 1. The number of hydrogen-bond acceptors (Lipinski definition) is 3. The second kappa shape index (κ2) is 4.21. The predicted molar refractivity (Wildman–Crippen MR) is 42.4 cm³/mol. The highest BCUT2D eigenvalue weighted by Crippen LogP contribution is 2.10. The zero-order valence-corrected chi connectivity index (χ0v) is 7.13. The number of rotatable bonds is 4. The lowest BCUT2D eigenvalue weighted by molar-refractivity contribution is -0.126. The molecular formula is C8H13NO3. The molecule has 1 unspecified atom stereocenters. The molecule has 1 heterocycles. The average Bonchev–Trinajstić information content (AvgIpc) is 2.31. The molecule has 0 aromatic heterocycles. The van der Waals surface area contributed by atoms with Gasteiger partial charge in [0, 0.05) is 13.0 Å². The van der Waals surface area contributed by atoms with Crippen molar-refractivity contribution in [2.75, 3.05) is 13.2 Å². The van der Waals surface area contributed by atoms with Crippen molar-refractivity contribution in [2.24, 2.45) is 5.92 Å². The van der Waals surface area contributed by atoms with Gasteiger partial charge in [0.15, 0.2) is 0 Å². The Balaban J connectivity index is 2.24. The molecule has 2 amide bonds. The number of imide groups is 1. The normalized spacial score (nSPS) is 22.9. The summed E-state index contributed by atoms with van der Waals surface area (Å²) in [6.07, 6.45) is 1.21. The van der Waals surface area contributed by atoms with Crippen LogP contribution in [0.25, 0.3) is 0 Å². The molecule has 1 saturated heterocycles. The molecule has 4 nitrogen and oxygen atoms in total. The van der Waals surface area contributed by atoms with E-state index in [1.165, 1.54) is 0 Å². The molecular weight excluding hydrogens is 158 g/mol. The molecule has 1 fully saturated rings. The summed E-state index contributed by atoms with van der Waals surface area (Å²) in [6.45, 7) is 3.02. The standard InChI is InChI=1S/C8H13NO3/c1-2-3-12-5-6-4-7(10)9-8(6)11/h6H,2-5H2,1H3,(H,9,10,11). The highest BCUT2D eigenvalue weighted by molar-refractivity contribution is 6.03. The first-order chi connectivity index (χ1) is 5.74. The fraction of sp³-hybridized carbons (Fsp3) is 0.750. The number of carbonyl (C=O) groups excluding carboxylic acids is 2. The molecule has 68 valence electrons. The molecule has 1 aliphatic rings. The quantitative estimate of drug-likeness (QED) is 0.481. The van der Waals surface area contributed by atoms with Crippen LogP contribution in [0.3, 0.4) is 0 Å². The third-order valence-corrected chi connectivity index (χ3v) is 1.73. The molecule has 1 rings (SSSR count). The molecule has 0 saturated carbocycles. The molecule has 0 aromatic rings. The van der Waals surface area contributed by atoms with E-state index in [2.05, 4.69) is 5.32 Å². The Morgan fingerprint density at radius 1 is 1.58 bits per heavy atom. The van der Waals surface area contributed by atoms with Crippen molar-refractivity contribution in [1.29, 1.82) is 0 Å². The van der Waals surface area contributed by atoms with E-state index in [0.717, 1.165) is 6.42 Å². The maximum Gasteiger partial charge on any atom is 0.232 e. The van der Waals surface area contributed by atoms with Crippen LogP contribution in [0.1, 0.15) is 19.8 Å². The zero-order valence-electron chi connectivity index (χ0n) is 7.13. The summed E-state index contributed by atoms with van der Waals surface area (Å²) in [6, 6.07) is 0. The van der Waals surface area contributed by atoms with Gasteiger partial charge in [-0.1, -0.05) is 6.92 Å². The molecule has 0 bridgehead atoms. The van der Waals surface area contributed by atoms with Gasteiger partial charge >= 0.3 is 0 Å². The van der Waals surface area contributed by atoms with E-state index in [1.54, 1.807) is 0 Å². The first-order valence-electron chi connectivity index (χ1n) is 4.15. The summed E-state index contributed by atoms with van der Waals surface area (Å²) >= 11 is 0. The van der Waals surface area contributed by atoms with E-state index in [0.29, 0.717) is 13.2 Å². The Morgan fingerprint density at radius 2 is 2.33 bits per heavy atom. The van der Waals surface area contributed by atoms with Gasteiger partial charge in [-0.2, -0.15) is 0 Å². The maximum absolute atomic E-state index is 11.0. The van der Waals surface area contributed by atoms with Gasteiger partial charge in [0.05, 0.1) is 12.5 Å². The summed E-state index contributed by atoms with van der Waals surface area (Å²) in [5.74, 6) is -0.648. The molecule has 1 aliphatic heterocycles. The summed E-state index contributed by atoms with van der Waals surface area (Å²) in [5.41, 5.74) is 0. The summed E-state index contributed by atoms with van der Waals surface area (Å²) in [4.78, 5) is 21.7. The van der Waals surface area contributed by atoms with Crippen molar-refractivity contribution in [2.45, 2.75) is 19.8 Å². The lowest BCUT2D eigenvalue weighted by atomic mass is 10.1.